The van der Waals surface area contributed by atoms with E-state index < -0.39 is 0 Å². The van der Waals surface area contributed by atoms with Gasteiger partial charge < -0.3 is 10.1 Å². The Hall–Kier alpha value is -1.51. The fourth-order valence-corrected chi connectivity index (χ4v) is 2.95. The maximum Gasteiger partial charge on any atom is 0.224 e. The van der Waals surface area contributed by atoms with Crippen molar-refractivity contribution in [2.45, 2.75) is 51.4 Å². The number of anilines is 1. The molecule has 1 saturated carbocycles. The van der Waals surface area contributed by atoms with E-state index in [2.05, 4.69) is 5.32 Å². The van der Waals surface area contributed by atoms with Crippen LogP contribution < -0.4 is 10.1 Å². The molecule has 0 saturated heterocycles. The number of methoxy groups -OCH3 is 1. The topological polar surface area (TPSA) is 38.3 Å². The monoisotopic (exact) mass is 275 g/mol. The van der Waals surface area contributed by atoms with Crippen molar-refractivity contribution in [1.29, 1.82) is 0 Å². The molecule has 2 rings (SSSR count). The largest absolute Gasteiger partial charge is 0.497 e. The van der Waals surface area contributed by atoms with Crippen molar-refractivity contribution in [3.8, 4) is 5.75 Å². The van der Waals surface area contributed by atoms with Gasteiger partial charge >= 0.3 is 0 Å². The van der Waals surface area contributed by atoms with E-state index in [9.17, 15) is 4.79 Å². The van der Waals surface area contributed by atoms with Crippen LogP contribution in [0.3, 0.4) is 0 Å². The molecule has 3 nitrogen and oxygen atoms in total. The summed E-state index contributed by atoms with van der Waals surface area (Å²) >= 11 is 0. The van der Waals surface area contributed by atoms with E-state index in [1.165, 1.54) is 38.5 Å². The average Bonchev–Trinajstić information content (AvgIpc) is 2.48. The molecule has 0 spiro atoms. The predicted octanol–water partition coefficient (Wildman–Crippen LogP) is 4.38. The molecule has 0 bridgehead atoms. The molecular weight excluding hydrogens is 250 g/mol. The zero-order chi connectivity index (χ0) is 14.2. The second-order valence-electron chi connectivity index (χ2n) is 5.68. The third-order valence-electron chi connectivity index (χ3n) is 4.09. The van der Waals surface area contributed by atoms with Crippen LogP contribution in [0.15, 0.2) is 24.3 Å². The quantitative estimate of drug-likeness (QED) is 0.836. The van der Waals surface area contributed by atoms with Gasteiger partial charge in [0.15, 0.2) is 0 Å². The molecule has 1 aliphatic rings. The molecule has 1 aromatic carbocycles. The highest BCUT2D eigenvalue weighted by Gasteiger charge is 2.13. The SMILES string of the molecule is COc1cccc(NC(=O)CCCC2CCCCC2)c1. The molecule has 0 unspecified atom stereocenters. The van der Waals surface area contributed by atoms with E-state index in [1.54, 1.807) is 7.11 Å². The lowest BCUT2D eigenvalue weighted by molar-refractivity contribution is -0.116. The van der Waals surface area contributed by atoms with Gasteiger partial charge in [0.2, 0.25) is 5.91 Å². The number of hydrogen-bond acceptors (Lipinski definition) is 2. The Bertz CT molecular complexity index is 425. The van der Waals surface area contributed by atoms with Gasteiger partial charge in [0.05, 0.1) is 7.11 Å². The Morgan fingerprint density at radius 1 is 1.30 bits per heavy atom. The average molecular weight is 275 g/mol. The van der Waals surface area contributed by atoms with Crippen LogP contribution >= 0.6 is 0 Å². The van der Waals surface area contributed by atoms with E-state index in [0.29, 0.717) is 6.42 Å². The molecule has 0 aliphatic heterocycles. The van der Waals surface area contributed by atoms with Crippen LogP contribution in [0.25, 0.3) is 0 Å². The van der Waals surface area contributed by atoms with Crippen molar-refractivity contribution >= 4 is 11.6 Å². The molecule has 1 fully saturated rings. The first kappa shape index (κ1) is 14.9. The molecule has 0 radical (unpaired) electrons. The van der Waals surface area contributed by atoms with E-state index in [0.717, 1.165) is 23.8 Å². The molecule has 1 aliphatic carbocycles. The molecule has 20 heavy (non-hydrogen) atoms. The highest BCUT2D eigenvalue weighted by atomic mass is 16.5. The molecule has 1 N–H and O–H groups in total. The van der Waals surface area contributed by atoms with Gasteiger partial charge in [0.1, 0.15) is 5.75 Å². The number of carbonyl (C=O) groups excluding carboxylic acids is 1. The van der Waals surface area contributed by atoms with E-state index >= 15 is 0 Å². The molecule has 1 aromatic rings. The number of rotatable bonds is 6. The van der Waals surface area contributed by atoms with Crippen LogP contribution in [-0.2, 0) is 4.79 Å². The summed E-state index contributed by atoms with van der Waals surface area (Å²) in [5.74, 6) is 1.73. The number of amides is 1. The van der Waals surface area contributed by atoms with Crippen LogP contribution in [0.2, 0.25) is 0 Å². The lowest BCUT2D eigenvalue weighted by atomic mass is 9.86. The first-order chi connectivity index (χ1) is 9.78. The Morgan fingerprint density at radius 3 is 2.85 bits per heavy atom. The molecule has 0 atom stereocenters. The maximum absolute atomic E-state index is 11.9. The number of hydrogen-bond donors (Lipinski definition) is 1. The van der Waals surface area contributed by atoms with Crippen molar-refractivity contribution in [3.05, 3.63) is 24.3 Å². The van der Waals surface area contributed by atoms with Crippen molar-refractivity contribution in [1.82, 2.24) is 0 Å². The third kappa shape index (κ3) is 4.87. The summed E-state index contributed by atoms with van der Waals surface area (Å²) in [5, 5.41) is 2.94. The zero-order valence-corrected chi connectivity index (χ0v) is 12.4. The Labute approximate surface area is 121 Å². The second kappa shape index (κ2) is 7.93. The number of ether oxygens (including phenoxy) is 1. The van der Waals surface area contributed by atoms with Gasteiger partial charge in [-0.1, -0.05) is 38.2 Å². The highest BCUT2D eigenvalue weighted by molar-refractivity contribution is 5.90. The van der Waals surface area contributed by atoms with Gasteiger partial charge in [-0.2, -0.15) is 0 Å². The number of carbonyl (C=O) groups is 1. The van der Waals surface area contributed by atoms with Crippen LogP contribution in [0.5, 0.6) is 5.75 Å². The van der Waals surface area contributed by atoms with Crippen LogP contribution in [0.4, 0.5) is 5.69 Å². The van der Waals surface area contributed by atoms with Crippen LogP contribution in [0, 0.1) is 5.92 Å². The van der Waals surface area contributed by atoms with E-state index in [1.807, 2.05) is 24.3 Å². The summed E-state index contributed by atoms with van der Waals surface area (Å²) in [7, 11) is 1.63. The van der Waals surface area contributed by atoms with E-state index in [4.69, 9.17) is 4.74 Å². The summed E-state index contributed by atoms with van der Waals surface area (Å²) < 4.78 is 5.15. The van der Waals surface area contributed by atoms with Gasteiger partial charge in [0, 0.05) is 18.2 Å². The van der Waals surface area contributed by atoms with Gasteiger partial charge in [-0.15, -0.1) is 0 Å². The summed E-state index contributed by atoms with van der Waals surface area (Å²) in [5.41, 5.74) is 0.812. The minimum Gasteiger partial charge on any atom is -0.497 e. The first-order valence-electron chi connectivity index (χ1n) is 7.72. The Balaban J connectivity index is 1.69. The smallest absolute Gasteiger partial charge is 0.224 e. The number of nitrogens with one attached hydrogen (secondary N) is 1. The summed E-state index contributed by atoms with van der Waals surface area (Å²) in [6.07, 6.45) is 9.68. The molecule has 0 heterocycles. The standard InChI is InChI=1S/C17H25NO2/c1-20-16-11-6-10-15(13-16)18-17(19)12-5-9-14-7-3-2-4-8-14/h6,10-11,13-14H,2-5,7-9,12H2,1H3,(H,18,19). The third-order valence-corrected chi connectivity index (χ3v) is 4.09. The molecule has 0 aromatic heterocycles. The fraction of sp³-hybridized carbons (Fsp3) is 0.588. The molecule has 3 heteroatoms. The lowest BCUT2D eigenvalue weighted by Crippen LogP contribution is -2.12. The zero-order valence-electron chi connectivity index (χ0n) is 12.4. The normalized spacial score (nSPS) is 15.8. The van der Waals surface area contributed by atoms with Gasteiger partial charge in [-0.25, -0.2) is 0 Å². The van der Waals surface area contributed by atoms with Crippen molar-refractivity contribution < 1.29 is 9.53 Å². The Kier molecular flexibility index (Phi) is 5.90. The molecule has 110 valence electrons. The van der Waals surface area contributed by atoms with Crippen molar-refractivity contribution in [3.63, 3.8) is 0 Å². The summed E-state index contributed by atoms with van der Waals surface area (Å²) in [6, 6.07) is 7.50. The van der Waals surface area contributed by atoms with Crippen LogP contribution in [0.1, 0.15) is 51.4 Å². The van der Waals surface area contributed by atoms with Gasteiger partial charge in [-0.05, 0) is 30.9 Å². The first-order valence-corrected chi connectivity index (χ1v) is 7.72. The van der Waals surface area contributed by atoms with Crippen molar-refractivity contribution in [2.75, 3.05) is 12.4 Å². The summed E-state index contributed by atoms with van der Waals surface area (Å²) in [4.78, 5) is 11.9. The van der Waals surface area contributed by atoms with Crippen LogP contribution in [-0.4, -0.2) is 13.0 Å². The maximum atomic E-state index is 11.9. The summed E-state index contributed by atoms with van der Waals surface area (Å²) in [6.45, 7) is 0. The number of benzene rings is 1. The van der Waals surface area contributed by atoms with Gasteiger partial charge in [-0.3, -0.25) is 4.79 Å². The predicted molar refractivity (Wildman–Crippen MR) is 82.0 cm³/mol. The minimum absolute atomic E-state index is 0.106. The van der Waals surface area contributed by atoms with Gasteiger partial charge in [0.25, 0.3) is 0 Å². The van der Waals surface area contributed by atoms with Crippen molar-refractivity contribution in [2.24, 2.45) is 5.92 Å². The lowest BCUT2D eigenvalue weighted by Gasteiger charge is -2.21. The Morgan fingerprint density at radius 2 is 2.10 bits per heavy atom. The second-order valence-corrected chi connectivity index (χ2v) is 5.68. The fourth-order valence-electron chi connectivity index (χ4n) is 2.95. The molecule has 1 amide bonds. The highest BCUT2D eigenvalue weighted by Crippen LogP contribution is 2.27. The van der Waals surface area contributed by atoms with E-state index in [-0.39, 0.29) is 5.91 Å². The minimum atomic E-state index is 0.106. The molecular formula is C17H25NO2.